The second kappa shape index (κ2) is 9.47. The molecule has 0 radical (unpaired) electrons. The SMILES string of the molecule is CC#C/C(C)=N\S(=O)(=O)c1cc2c(s1)S(=O)(=O)N(CCCOC)C[C@@H]2NCC. The molecule has 1 aliphatic rings. The summed E-state index contributed by atoms with van der Waals surface area (Å²) in [5, 5.41) is 3.24. The predicted octanol–water partition coefficient (Wildman–Crippen LogP) is 1.61. The van der Waals surface area contributed by atoms with Crippen molar-refractivity contribution in [2.24, 2.45) is 4.40 Å². The van der Waals surface area contributed by atoms with Gasteiger partial charge in [-0.2, -0.15) is 17.1 Å². The van der Waals surface area contributed by atoms with Crippen LogP contribution in [0.1, 0.15) is 38.8 Å². The van der Waals surface area contributed by atoms with E-state index in [1.165, 1.54) is 17.3 Å². The Morgan fingerprint density at radius 1 is 1.50 bits per heavy atom. The molecule has 0 spiro atoms. The Bertz CT molecular complexity index is 1000. The number of likely N-dealkylation sites (N-methyl/N-ethyl adjacent to an activating group) is 1. The summed E-state index contributed by atoms with van der Waals surface area (Å²) in [6, 6.07) is 1.13. The van der Waals surface area contributed by atoms with Crippen molar-refractivity contribution < 1.29 is 21.6 Å². The predicted molar refractivity (Wildman–Crippen MR) is 110 cm³/mol. The molecule has 1 aromatic rings. The summed E-state index contributed by atoms with van der Waals surface area (Å²) >= 11 is 0.738. The molecule has 0 amide bonds. The standard InChI is InChI=1S/C17H25N3O5S3/c1-5-8-13(3)19-27(21,22)16-11-14-15(18-6-2)12-20(9-7-10-25-4)28(23,24)17(14)26-16/h11,15,18H,6-7,9-10,12H2,1-4H3/b19-13-/t15-/m0/s1. The van der Waals surface area contributed by atoms with Crippen LogP contribution in [-0.2, 0) is 24.8 Å². The van der Waals surface area contributed by atoms with E-state index >= 15 is 0 Å². The van der Waals surface area contributed by atoms with Crippen LogP contribution < -0.4 is 5.32 Å². The van der Waals surface area contributed by atoms with Gasteiger partial charge in [0.25, 0.3) is 20.0 Å². The molecule has 0 aliphatic carbocycles. The van der Waals surface area contributed by atoms with Crippen LogP contribution in [0.15, 0.2) is 18.9 Å². The van der Waals surface area contributed by atoms with Crippen molar-refractivity contribution in [3.05, 3.63) is 11.6 Å². The first-order valence-corrected chi connectivity index (χ1v) is 12.5. The second-order valence-electron chi connectivity index (χ2n) is 6.15. The molecular weight excluding hydrogens is 422 g/mol. The minimum atomic E-state index is -4.03. The molecule has 0 saturated carbocycles. The van der Waals surface area contributed by atoms with Crippen LogP contribution >= 0.6 is 11.3 Å². The molecular formula is C17H25N3O5S3. The van der Waals surface area contributed by atoms with Crippen molar-refractivity contribution in [2.45, 2.75) is 41.7 Å². The van der Waals surface area contributed by atoms with Crippen LogP contribution in [0, 0.1) is 11.8 Å². The smallest absolute Gasteiger partial charge is 0.292 e. The molecule has 0 saturated heterocycles. The van der Waals surface area contributed by atoms with Gasteiger partial charge in [-0.15, -0.1) is 17.3 Å². The number of ether oxygens (including phenoxy) is 1. The fourth-order valence-corrected chi connectivity index (χ4v) is 7.76. The first-order valence-electron chi connectivity index (χ1n) is 8.77. The summed E-state index contributed by atoms with van der Waals surface area (Å²) in [4.78, 5) is 0. The third-order valence-electron chi connectivity index (χ3n) is 4.06. The maximum Gasteiger partial charge on any atom is 0.292 e. The Kier molecular flexibility index (Phi) is 7.78. The molecule has 2 rings (SSSR count). The molecule has 0 aromatic carbocycles. The molecule has 1 aliphatic heterocycles. The largest absolute Gasteiger partial charge is 0.385 e. The van der Waals surface area contributed by atoms with E-state index in [9.17, 15) is 16.8 Å². The van der Waals surface area contributed by atoms with Crippen molar-refractivity contribution >= 4 is 37.1 Å². The Labute approximate surface area is 171 Å². The van der Waals surface area contributed by atoms with Crippen LogP contribution in [0.4, 0.5) is 0 Å². The highest BCUT2D eigenvalue weighted by molar-refractivity contribution is 7.94. The van der Waals surface area contributed by atoms with E-state index < -0.39 is 20.0 Å². The van der Waals surface area contributed by atoms with Crippen LogP contribution in [-0.4, -0.2) is 60.2 Å². The lowest BCUT2D eigenvalue weighted by Gasteiger charge is -2.32. The van der Waals surface area contributed by atoms with Crippen LogP contribution in [0.5, 0.6) is 0 Å². The number of fused-ring (bicyclic) bond motifs is 1. The fourth-order valence-electron chi connectivity index (χ4n) is 2.90. The van der Waals surface area contributed by atoms with Gasteiger partial charge in [-0.05, 0) is 32.9 Å². The minimum absolute atomic E-state index is 0.0510. The third-order valence-corrected chi connectivity index (χ3v) is 9.42. The van der Waals surface area contributed by atoms with Gasteiger partial charge in [0.2, 0.25) is 0 Å². The quantitative estimate of drug-likeness (QED) is 0.369. The molecule has 1 aromatic heterocycles. The molecule has 0 fully saturated rings. The number of rotatable bonds is 8. The van der Waals surface area contributed by atoms with Crippen molar-refractivity contribution in [1.29, 1.82) is 0 Å². The van der Waals surface area contributed by atoms with Gasteiger partial charge in [-0.25, -0.2) is 8.42 Å². The first kappa shape index (κ1) is 23.0. The summed E-state index contributed by atoms with van der Waals surface area (Å²) < 4.78 is 61.3. The summed E-state index contributed by atoms with van der Waals surface area (Å²) in [5.74, 6) is 5.18. The zero-order valence-electron chi connectivity index (χ0n) is 16.4. The monoisotopic (exact) mass is 447 g/mol. The maximum absolute atomic E-state index is 13.0. The average molecular weight is 448 g/mol. The van der Waals surface area contributed by atoms with Gasteiger partial charge in [0.15, 0.2) is 0 Å². The Balaban J connectivity index is 2.50. The highest BCUT2D eigenvalue weighted by Crippen LogP contribution is 2.40. The van der Waals surface area contributed by atoms with Gasteiger partial charge in [-0.1, -0.05) is 12.8 Å². The first-order chi connectivity index (χ1) is 13.2. The molecule has 8 nitrogen and oxygen atoms in total. The lowest BCUT2D eigenvalue weighted by atomic mass is 10.1. The van der Waals surface area contributed by atoms with E-state index in [1.807, 2.05) is 6.92 Å². The number of nitrogens with zero attached hydrogens (tertiary/aromatic N) is 2. The Morgan fingerprint density at radius 2 is 2.21 bits per heavy atom. The van der Waals surface area contributed by atoms with E-state index in [4.69, 9.17) is 4.74 Å². The van der Waals surface area contributed by atoms with E-state index in [-0.39, 0.29) is 26.7 Å². The van der Waals surface area contributed by atoms with Crippen LogP contribution in [0.3, 0.4) is 0 Å². The van der Waals surface area contributed by atoms with Crippen LogP contribution in [0.2, 0.25) is 0 Å². The number of nitrogens with one attached hydrogen (secondary N) is 1. The number of sulfonamides is 2. The fraction of sp³-hybridized carbons (Fsp3) is 0.588. The lowest BCUT2D eigenvalue weighted by molar-refractivity contribution is 0.185. The maximum atomic E-state index is 13.0. The zero-order chi connectivity index (χ0) is 20.9. The summed E-state index contributed by atoms with van der Waals surface area (Å²) in [7, 11) is -6.25. The molecule has 11 heteroatoms. The van der Waals surface area contributed by atoms with Gasteiger partial charge in [0.05, 0.1) is 0 Å². The summed E-state index contributed by atoms with van der Waals surface area (Å²) in [6.07, 6.45) is 0.555. The molecule has 28 heavy (non-hydrogen) atoms. The number of hydrogen-bond donors (Lipinski definition) is 1. The molecule has 0 bridgehead atoms. The number of methoxy groups -OCH3 is 1. The highest BCUT2D eigenvalue weighted by atomic mass is 32.3. The molecule has 1 atom stereocenters. The second-order valence-corrected chi connectivity index (χ2v) is 11.2. The number of thiophene rings is 1. The Hall–Kier alpha value is -1.29. The van der Waals surface area contributed by atoms with Gasteiger partial charge < -0.3 is 10.1 Å². The zero-order valence-corrected chi connectivity index (χ0v) is 18.8. The van der Waals surface area contributed by atoms with Gasteiger partial charge in [-0.3, -0.25) is 0 Å². The van der Waals surface area contributed by atoms with Crippen molar-refractivity contribution in [1.82, 2.24) is 9.62 Å². The molecule has 156 valence electrons. The third kappa shape index (κ3) is 5.00. The van der Waals surface area contributed by atoms with E-state index in [0.717, 1.165) is 11.3 Å². The topological polar surface area (TPSA) is 105 Å². The van der Waals surface area contributed by atoms with Crippen molar-refractivity contribution in [3.63, 3.8) is 0 Å². The van der Waals surface area contributed by atoms with Gasteiger partial charge in [0, 0.05) is 38.4 Å². The van der Waals surface area contributed by atoms with Gasteiger partial charge >= 0.3 is 0 Å². The normalized spacial score (nSPS) is 19.7. The molecule has 0 unspecified atom stereocenters. The van der Waals surface area contributed by atoms with Crippen molar-refractivity contribution in [2.75, 3.05) is 33.4 Å². The molecule has 2 heterocycles. The van der Waals surface area contributed by atoms with E-state index in [0.29, 0.717) is 31.7 Å². The summed E-state index contributed by atoms with van der Waals surface area (Å²) in [6.45, 7) is 6.61. The van der Waals surface area contributed by atoms with E-state index in [1.54, 1.807) is 14.0 Å². The van der Waals surface area contributed by atoms with Crippen molar-refractivity contribution in [3.8, 4) is 11.8 Å². The van der Waals surface area contributed by atoms with E-state index in [2.05, 4.69) is 21.6 Å². The van der Waals surface area contributed by atoms with Crippen LogP contribution in [0.25, 0.3) is 0 Å². The number of hydrogen-bond acceptors (Lipinski definition) is 7. The highest BCUT2D eigenvalue weighted by Gasteiger charge is 2.39. The summed E-state index contributed by atoms with van der Waals surface area (Å²) in [5.41, 5.74) is 0.629. The minimum Gasteiger partial charge on any atom is -0.385 e. The van der Waals surface area contributed by atoms with Gasteiger partial charge in [0.1, 0.15) is 14.1 Å². The Morgan fingerprint density at radius 3 is 2.82 bits per heavy atom. The molecule has 1 N–H and O–H groups in total. The average Bonchev–Trinajstić information content (AvgIpc) is 3.07. The lowest BCUT2D eigenvalue weighted by Crippen LogP contribution is -2.43.